The van der Waals surface area contributed by atoms with Crippen LogP contribution in [0.1, 0.15) is 18.7 Å². The fourth-order valence-corrected chi connectivity index (χ4v) is 3.04. The van der Waals surface area contributed by atoms with Gasteiger partial charge in [0.2, 0.25) is 23.5 Å². The highest BCUT2D eigenvalue weighted by atomic mass is 35.5. The minimum absolute atomic E-state index is 0.0490. The molecule has 7 nitrogen and oxygen atoms in total. The number of aryl methyl sites for hydroxylation is 1. The normalized spacial score (nSPS) is 10.6. The Labute approximate surface area is 184 Å². The lowest BCUT2D eigenvalue weighted by atomic mass is 10.2. The molecule has 1 N–H and O–H groups in total. The number of likely N-dealkylation sites (N-methyl/N-ethyl adjacent to an activating group) is 1. The van der Waals surface area contributed by atoms with Crippen LogP contribution in [0.5, 0.6) is 0 Å². The zero-order valence-electron chi connectivity index (χ0n) is 16.3. The topological polar surface area (TPSA) is 88.3 Å². The second kappa shape index (κ2) is 10.2. The van der Waals surface area contributed by atoms with Crippen LogP contribution in [0.4, 0.5) is 5.69 Å². The summed E-state index contributed by atoms with van der Waals surface area (Å²) >= 11 is 11.8. The molecule has 0 bridgehead atoms. The standard InChI is InChI=1S/C21H20Cl2N4O3/c1-27(13-18(28)24-17-5-2-4-16(23)12-17)20(29)7-3-6-19-25-21(26-30-19)14-8-10-15(22)11-9-14/h2,4-5,8-12H,3,6-7,13H2,1H3,(H,24,28). The van der Waals surface area contributed by atoms with Gasteiger partial charge in [0.25, 0.3) is 0 Å². The van der Waals surface area contributed by atoms with Crippen molar-refractivity contribution in [3.63, 3.8) is 0 Å². The van der Waals surface area contributed by atoms with Crippen molar-refractivity contribution in [1.82, 2.24) is 15.0 Å². The molecule has 0 fully saturated rings. The Balaban J connectivity index is 1.43. The van der Waals surface area contributed by atoms with E-state index in [-0.39, 0.29) is 24.8 Å². The lowest BCUT2D eigenvalue weighted by molar-refractivity contribution is -0.133. The molecule has 0 aliphatic rings. The minimum atomic E-state index is -0.294. The number of nitrogens with one attached hydrogen (secondary N) is 1. The number of amides is 2. The smallest absolute Gasteiger partial charge is 0.243 e. The quantitative estimate of drug-likeness (QED) is 0.551. The van der Waals surface area contributed by atoms with Gasteiger partial charge in [0.15, 0.2) is 0 Å². The predicted octanol–water partition coefficient (Wildman–Crippen LogP) is 4.46. The van der Waals surface area contributed by atoms with E-state index in [1.807, 2.05) is 12.1 Å². The fraction of sp³-hybridized carbons (Fsp3) is 0.238. The Morgan fingerprint density at radius 2 is 1.87 bits per heavy atom. The summed E-state index contributed by atoms with van der Waals surface area (Å²) in [5, 5.41) is 7.82. The summed E-state index contributed by atoms with van der Waals surface area (Å²) in [5.41, 5.74) is 1.39. The van der Waals surface area contributed by atoms with Crippen molar-refractivity contribution in [2.24, 2.45) is 0 Å². The van der Waals surface area contributed by atoms with Crippen LogP contribution in [0, 0.1) is 0 Å². The Morgan fingerprint density at radius 1 is 1.10 bits per heavy atom. The molecule has 0 aliphatic heterocycles. The molecule has 30 heavy (non-hydrogen) atoms. The molecule has 0 saturated heterocycles. The van der Waals surface area contributed by atoms with Gasteiger partial charge in [0.05, 0.1) is 6.54 Å². The molecule has 0 unspecified atom stereocenters. The summed E-state index contributed by atoms with van der Waals surface area (Å²) in [5.74, 6) is 0.489. The fourth-order valence-electron chi connectivity index (χ4n) is 2.72. The monoisotopic (exact) mass is 446 g/mol. The number of anilines is 1. The van der Waals surface area contributed by atoms with Crippen molar-refractivity contribution in [2.75, 3.05) is 18.9 Å². The largest absolute Gasteiger partial charge is 0.339 e. The Hall–Kier alpha value is -2.90. The van der Waals surface area contributed by atoms with Gasteiger partial charge >= 0.3 is 0 Å². The summed E-state index contributed by atoms with van der Waals surface area (Å²) in [7, 11) is 1.59. The van der Waals surface area contributed by atoms with Crippen molar-refractivity contribution in [3.8, 4) is 11.4 Å². The van der Waals surface area contributed by atoms with E-state index in [2.05, 4.69) is 15.5 Å². The number of nitrogens with zero attached hydrogens (tertiary/aromatic N) is 3. The van der Waals surface area contributed by atoms with Gasteiger partial charge in [-0.05, 0) is 48.9 Å². The first-order valence-electron chi connectivity index (χ1n) is 9.28. The van der Waals surface area contributed by atoms with Gasteiger partial charge in [0.1, 0.15) is 0 Å². The van der Waals surface area contributed by atoms with E-state index < -0.39 is 0 Å². The van der Waals surface area contributed by atoms with Crippen LogP contribution in [0.2, 0.25) is 10.0 Å². The van der Waals surface area contributed by atoms with Crippen molar-refractivity contribution in [2.45, 2.75) is 19.3 Å². The molecular formula is C21H20Cl2N4O3. The molecule has 0 aliphatic carbocycles. The number of benzene rings is 2. The highest BCUT2D eigenvalue weighted by Crippen LogP contribution is 2.19. The zero-order valence-corrected chi connectivity index (χ0v) is 17.8. The number of hydrogen-bond donors (Lipinski definition) is 1. The van der Waals surface area contributed by atoms with Crippen molar-refractivity contribution < 1.29 is 14.1 Å². The average molecular weight is 447 g/mol. The van der Waals surface area contributed by atoms with Gasteiger partial charge in [0, 0.05) is 41.2 Å². The number of hydrogen-bond acceptors (Lipinski definition) is 5. The molecule has 3 rings (SSSR count). The molecule has 1 aromatic heterocycles. The summed E-state index contributed by atoms with van der Waals surface area (Å²) in [4.78, 5) is 30.1. The predicted molar refractivity (Wildman–Crippen MR) is 115 cm³/mol. The maximum atomic E-state index is 12.3. The van der Waals surface area contributed by atoms with Crippen LogP contribution < -0.4 is 5.32 Å². The summed E-state index contributed by atoms with van der Waals surface area (Å²) in [6, 6.07) is 14.0. The molecular weight excluding hydrogens is 427 g/mol. The van der Waals surface area contributed by atoms with Crippen LogP contribution in [0.3, 0.4) is 0 Å². The molecule has 0 spiro atoms. The molecule has 9 heteroatoms. The van der Waals surface area contributed by atoms with Crippen molar-refractivity contribution >= 4 is 40.7 Å². The molecule has 0 radical (unpaired) electrons. The van der Waals surface area contributed by atoms with Gasteiger partial charge in [-0.15, -0.1) is 0 Å². The van der Waals surface area contributed by atoms with E-state index in [0.29, 0.717) is 40.3 Å². The van der Waals surface area contributed by atoms with Gasteiger partial charge in [-0.25, -0.2) is 0 Å². The molecule has 0 saturated carbocycles. The number of carbonyl (C=O) groups excluding carboxylic acids is 2. The third-order valence-electron chi connectivity index (χ3n) is 4.27. The summed E-state index contributed by atoms with van der Waals surface area (Å²) in [6.07, 6.45) is 1.26. The van der Waals surface area contributed by atoms with Gasteiger partial charge in [-0.1, -0.05) is 34.4 Å². The highest BCUT2D eigenvalue weighted by molar-refractivity contribution is 6.31. The molecule has 156 valence electrons. The first-order chi connectivity index (χ1) is 14.4. The SMILES string of the molecule is CN(CC(=O)Nc1cccc(Cl)c1)C(=O)CCCc1nc(-c2ccc(Cl)cc2)no1. The molecule has 2 aromatic carbocycles. The second-order valence-electron chi connectivity index (χ2n) is 6.68. The van der Waals surface area contributed by atoms with Gasteiger partial charge in [-0.2, -0.15) is 4.98 Å². The molecule has 0 atom stereocenters. The van der Waals surface area contributed by atoms with Gasteiger partial charge < -0.3 is 14.7 Å². The van der Waals surface area contributed by atoms with Crippen LogP contribution in [-0.2, 0) is 16.0 Å². The minimum Gasteiger partial charge on any atom is -0.339 e. The molecule has 1 heterocycles. The number of aromatic nitrogens is 2. The second-order valence-corrected chi connectivity index (χ2v) is 7.55. The lowest BCUT2D eigenvalue weighted by Crippen LogP contribution is -2.34. The zero-order chi connectivity index (χ0) is 21.5. The van der Waals surface area contributed by atoms with Crippen LogP contribution in [-0.4, -0.2) is 40.4 Å². The number of halogens is 2. The first kappa shape index (κ1) is 21.8. The summed E-state index contributed by atoms with van der Waals surface area (Å²) < 4.78 is 5.24. The van der Waals surface area contributed by atoms with Crippen LogP contribution >= 0.6 is 23.2 Å². The third kappa shape index (κ3) is 6.30. The lowest BCUT2D eigenvalue weighted by Gasteiger charge is -2.16. The maximum absolute atomic E-state index is 12.3. The summed E-state index contributed by atoms with van der Waals surface area (Å²) in [6.45, 7) is -0.0490. The van der Waals surface area contributed by atoms with Gasteiger partial charge in [-0.3, -0.25) is 9.59 Å². The van der Waals surface area contributed by atoms with E-state index >= 15 is 0 Å². The van der Waals surface area contributed by atoms with E-state index in [1.165, 1.54) is 4.90 Å². The Kier molecular flexibility index (Phi) is 7.43. The first-order valence-corrected chi connectivity index (χ1v) is 10.0. The van der Waals surface area contributed by atoms with Crippen molar-refractivity contribution in [3.05, 3.63) is 64.5 Å². The van der Waals surface area contributed by atoms with E-state index in [0.717, 1.165) is 5.56 Å². The molecule has 2 amide bonds. The molecule has 3 aromatic rings. The maximum Gasteiger partial charge on any atom is 0.243 e. The van der Waals surface area contributed by atoms with E-state index in [1.54, 1.807) is 43.4 Å². The van der Waals surface area contributed by atoms with Crippen molar-refractivity contribution in [1.29, 1.82) is 0 Å². The average Bonchev–Trinajstić information content (AvgIpc) is 3.17. The van der Waals surface area contributed by atoms with Crippen LogP contribution in [0.15, 0.2) is 53.1 Å². The van der Waals surface area contributed by atoms with Crippen LogP contribution in [0.25, 0.3) is 11.4 Å². The van der Waals surface area contributed by atoms with E-state index in [9.17, 15) is 9.59 Å². The Bertz CT molecular complexity index is 1020. The van der Waals surface area contributed by atoms with E-state index in [4.69, 9.17) is 27.7 Å². The third-order valence-corrected chi connectivity index (χ3v) is 4.75. The number of carbonyl (C=O) groups is 2. The Morgan fingerprint density at radius 3 is 2.60 bits per heavy atom. The highest BCUT2D eigenvalue weighted by Gasteiger charge is 2.14. The number of rotatable bonds is 8.